The molecule has 0 aliphatic carbocycles. The summed E-state index contributed by atoms with van der Waals surface area (Å²) in [5.74, 6) is -0.324. The molecular weight excluding hydrogens is 538 g/mol. The van der Waals surface area contributed by atoms with E-state index in [2.05, 4.69) is 9.98 Å². The van der Waals surface area contributed by atoms with Crippen LogP contribution in [0.1, 0.15) is 33.9 Å². The van der Waals surface area contributed by atoms with Crippen molar-refractivity contribution in [3.8, 4) is 22.6 Å². The molecule has 0 spiro atoms. The van der Waals surface area contributed by atoms with Gasteiger partial charge in [0.05, 0.1) is 28.9 Å². The van der Waals surface area contributed by atoms with Gasteiger partial charge in [-0.2, -0.15) is 14.8 Å². The van der Waals surface area contributed by atoms with E-state index < -0.39 is 15.7 Å². The van der Waals surface area contributed by atoms with E-state index in [9.17, 15) is 18.4 Å². The molecule has 0 bridgehead atoms. The van der Waals surface area contributed by atoms with Crippen molar-refractivity contribution in [2.75, 3.05) is 11.5 Å². The quantitative estimate of drug-likeness (QED) is 0.306. The van der Waals surface area contributed by atoms with Crippen LogP contribution in [0.4, 0.5) is 0 Å². The molecule has 0 radical (unpaired) electrons. The van der Waals surface area contributed by atoms with Crippen LogP contribution in [0.15, 0.2) is 108 Å². The van der Waals surface area contributed by atoms with Crippen molar-refractivity contribution in [3.63, 3.8) is 0 Å². The minimum atomic E-state index is -3.16. The van der Waals surface area contributed by atoms with Crippen molar-refractivity contribution in [1.29, 1.82) is 0 Å². The standard InChI is InChI=1S/C31H27N5O4S/c37-31(33-28-14-5-7-17-35(28)38)24-12-8-9-22(19-24)20-26-29(27-13-4-6-16-32-27)34-36(25-15-18-41(39,40)21-25)30(26)23-10-2-1-3-11-23/h1-14,16-17,19,25,38H,15,18,20-21H2. The van der Waals surface area contributed by atoms with Crippen molar-refractivity contribution >= 4 is 15.7 Å². The summed E-state index contributed by atoms with van der Waals surface area (Å²) < 4.78 is 27.6. The number of sulfone groups is 1. The van der Waals surface area contributed by atoms with Gasteiger partial charge in [-0.15, -0.1) is 0 Å². The van der Waals surface area contributed by atoms with Crippen LogP contribution in [0.2, 0.25) is 0 Å². The highest BCUT2D eigenvalue weighted by Gasteiger charge is 2.33. The van der Waals surface area contributed by atoms with Gasteiger partial charge in [0.1, 0.15) is 5.69 Å². The van der Waals surface area contributed by atoms with Crippen LogP contribution in [-0.4, -0.2) is 50.5 Å². The molecule has 1 N–H and O–H groups in total. The molecule has 6 rings (SSSR count). The summed E-state index contributed by atoms with van der Waals surface area (Å²) in [7, 11) is -3.16. The first-order chi connectivity index (χ1) is 19.9. The van der Waals surface area contributed by atoms with E-state index in [1.165, 1.54) is 6.20 Å². The van der Waals surface area contributed by atoms with Crippen LogP contribution >= 0.6 is 0 Å². The third-order valence-electron chi connectivity index (χ3n) is 7.11. The van der Waals surface area contributed by atoms with Crippen molar-refractivity contribution in [3.05, 3.63) is 126 Å². The molecule has 41 heavy (non-hydrogen) atoms. The fraction of sp³-hybridized carbons (Fsp3) is 0.161. The summed E-state index contributed by atoms with van der Waals surface area (Å²) in [5, 5.41) is 15.0. The number of pyridine rings is 2. The Bertz CT molecular complexity index is 1900. The average molecular weight is 566 g/mol. The molecule has 3 aromatic heterocycles. The number of benzene rings is 2. The summed E-state index contributed by atoms with van der Waals surface area (Å²) >= 11 is 0. The lowest BCUT2D eigenvalue weighted by atomic mass is 9.96. The Morgan fingerprint density at radius 3 is 2.51 bits per heavy atom. The number of nitrogens with zero attached hydrogens (tertiary/aromatic N) is 5. The second kappa shape index (κ2) is 11.0. The van der Waals surface area contributed by atoms with Gasteiger partial charge in [-0.05, 0) is 48.4 Å². The maximum absolute atomic E-state index is 13.0. The van der Waals surface area contributed by atoms with Gasteiger partial charge in [0, 0.05) is 35.5 Å². The summed E-state index contributed by atoms with van der Waals surface area (Å²) in [4.78, 5) is 21.6. The van der Waals surface area contributed by atoms with E-state index in [0.717, 1.165) is 27.1 Å². The summed E-state index contributed by atoms with van der Waals surface area (Å²) in [6.45, 7) is 0. The molecular formula is C31H27N5O4S. The van der Waals surface area contributed by atoms with Crippen LogP contribution in [-0.2, 0) is 16.3 Å². The van der Waals surface area contributed by atoms with Gasteiger partial charge in [-0.3, -0.25) is 14.5 Å². The van der Waals surface area contributed by atoms with Crippen molar-refractivity contribution in [2.24, 2.45) is 4.99 Å². The number of carbonyl (C=O) groups excluding carboxylic acids is 1. The molecule has 9 nitrogen and oxygen atoms in total. The smallest absolute Gasteiger partial charge is 0.279 e. The van der Waals surface area contributed by atoms with E-state index in [4.69, 9.17) is 5.10 Å². The van der Waals surface area contributed by atoms with Crippen LogP contribution in [0, 0.1) is 0 Å². The first-order valence-electron chi connectivity index (χ1n) is 13.2. The highest BCUT2D eigenvalue weighted by molar-refractivity contribution is 7.91. The third-order valence-corrected chi connectivity index (χ3v) is 8.86. The van der Waals surface area contributed by atoms with Crippen molar-refractivity contribution in [2.45, 2.75) is 18.9 Å². The maximum atomic E-state index is 13.0. The van der Waals surface area contributed by atoms with Gasteiger partial charge >= 0.3 is 0 Å². The van der Waals surface area contributed by atoms with E-state index in [1.807, 2.05) is 59.3 Å². The lowest BCUT2D eigenvalue weighted by Crippen LogP contribution is -2.19. The average Bonchev–Trinajstić information content (AvgIpc) is 3.55. The fourth-order valence-electron chi connectivity index (χ4n) is 5.18. The van der Waals surface area contributed by atoms with Crippen molar-refractivity contribution < 1.29 is 18.4 Å². The number of amides is 1. The Kier molecular flexibility index (Phi) is 7.07. The summed E-state index contributed by atoms with van der Waals surface area (Å²) in [5.41, 5.74) is 5.33. The van der Waals surface area contributed by atoms with Gasteiger partial charge in [-0.1, -0.05) is 54.6 Å². The van der Waals surface area contributed by atoms with E-state index in [0.29, 0.717) is 29.8 Å². The third kappa shape index (κ3) is 5.59. The fourth-order valence-corrected chi connectivity index (χ4v) is 6.87. The predicted molar refractivity (Wildman–Crippen MR) is 154 cm³/mol. The second-order valence-electron chi connectivity index (χ2n) is 9.96. The molecule has 0 saturated carbocycles. The summed E-state index contributed by atoms with van der Waals surface area (Å²) in [6.07, 6.45) is 4.01. The van der Waals surface area contributed by atoms with E-state index in [1.54, 1.807) is 42.6 Å². The monoisotopic (exact) mass is 565 g/mol. The zero-order chi connectivity index (χ0) is 28.4. The summed E-state index contributed by atoms with van der Waals surface area (Å²) in [6, 6.07) is 27.2. The molecule has 1 aliphatic rings. The Hall–Kier alpha value is -4.83. The Balaban J connectivity index is 1.48. The zero-order valence-electron chi connectivity index (χ0n) is 22.0. The van der Waals surface area contributed by atoms with Gasteiger partial charge in [0.25, 0.3) is 5.91 Å². The molecule has 1 amide bonds. The minimum absolute atomic E-state index is 0.0332. The number of aromatic nitrogens is 4. The molecule has 10 heteroatoms. The van der Waals surface area contributed by atoms with E-state index in [-0.39, 0.29) is 23.0 Å². The Labute approximate surface area is 237 Å². The molecule has 1 unspecified atom stereocenters. The molecule has 4 heterocycles. The van der Waals surface area contributed by atoms with Crippen LogP contribution in [0.25, 0.3) is 22.6 Å². The van der Waals surface area contributed by atoms with Gasteiger partial charge in [-0.25, -0.2) is 8.42 Å². The number of rotatable bonds is 6. The Morgan fingerprint density at radius 1 is 0.976 bits per heavy atom. The maximum Gasteiger partial charge on any atom is 0.279 e. The highest BCUT2D eigenvalue weighted by atomic mass is 32.2. The molecule has 1 atom stereocenters. The van der Waals surface area contributed by atoms with Gasteiger partial charge < -0.3 is 5.21 Å². The first-order valence-corrected chi connectivity index (χ1v) is 15.0. The predicted octanol–water partition coefficient (Wildman–Crippen LogP) is 4.34. The van der Waals surface area contributed by atoms with E-state index >= 15 is 0 Å². The van der Waals surface area contributed by atoms with Crippen LogP contribution in [0.3, 0.4) is 0 Å². The van der Waals surface area contributed by atoms with Gasteiger partial charge in [0.15, 0.2) is 15.3 Å². The number of carbonyl (C=O) groups is 1. The Morgan fingerprint density at radius 2 is 1.78 bits per heavy atom. The molecule has 1 fully saturated rings. The molecule has 1 saturated heterocycles. The van der Waals surface area contributed by atoms with Crippen molar-refractivity contribution in [1.82, 2.24) is 19.5 Å². The first kappa shape index (κ1) is 26.4. The SMILES string of the molecule is O=C(N=c1ccccn1O)c1cccc(Cc2c(-c3ccccn3)nn(C3CCS(=O)(=O)C3)c2-c2ccccc2)c1. The molecule has 206 valence electrons. The molecule has 1 aliphatic heterocycles. The second-order valence-corrected chi connectivity index (χ2v) is 12.2. The molecule has 5 aromatic rings. The topological polar surface area (TPSA) is 119 Å². The number of hydrogen-bond acceptors (Lipinski definition) is 6. The minimum Gasteiger partial charge on any atom is -0.427 e. The largest absolute Gasteiger partial charge is 0.427 e. The van der Waals surface area contributed by atoms with Gasteiger partial charge in [0.2, 0.25) is 0 Å². The van der Waals surface area contributed by atoms with Crippen LogP contribution in [0.5, 0.6) is 0 Å². The highest BCUT2D eigenvalue weighted by Crippen LogP contribution is 2.37. The zero-order valence-corrected chi connectivity index (χ0v) is 22.9. The lowest BCUT2D eigenvalue weighted by Gasteiger charge is -2.15. The normalized spacial score (nSPS) is 16.6. The van der Waals surface area contributed by atoms with Crippen LogP contribution < -0.4 is 5.49 Å². The lowest BCUT2D eigenvalue weighted by molar-refractivity contribution is 0.0987. The number of hydrogen-bond donors (Lipinski definition) is 1. The molecule has 2 aromatic carbocycles.